The van der Waals surface area contributed by atoms with Gasteiger partial charge in [0.05, 0.1) is 10.7 Å². The van der Waals surface area contributed by atoms with E-state index in [4.69, 9.17) is 16.3 Å². The summed E-state index contributed by atoms with van der Waals surface area (Å²) in [6.45, 7) is 5.50. The number of alkyl carbamates (subject to hydrolysis) is 1. The lowest BCUT2D eigenvalue weighted by Gasteiger charge is -2.30. The molecule has 236 valence electrons. The number of nitrogens with zero attached hydrogens (tertiary/aromatic N) is 1. The van der Waals surface area contributed by atoms with Crippen LogP contribution >= 0.6 is 11.6 Å². The maximum atomic E-state index is 13.7. The molecule has 2 heterocycles. The van der Waals surface area contributed by atoms with E-state index in [-0.39, 0.29) is 17.1 Å². The molecule has 4 N–H and O–H groups in total. The Morgan fingerprint density at radius 1 is 1.09 bits per heavy atom. The third-order valence-corrected chi connectivity index (χ3v) is 8.94. The Morgan fingerprint density at radius 3 is 2.56 bits per heavy atom. The van der Waals surface area contributed by atoms with Gasteiger partial charge >= 0.3 is 16.3 Å². The number of carbonyl (C=O) groups excluding carboxylic acids is 4. The van der Waals surface area contributed by atoms with E-state index in [1.165, 1.54) is 17.0 Å². The fourth-order valence-corrected chi connectivity index (χ4v) is 6.65. The van der Waals surface area contributed by atoms with Crippen molar-refractivity contribution in [3.8, 4) is 0 Å². The van der Waals surface area contributed by atoms with Gasteiger partial charge in [0.1, 0.15) is 23.2 Å². The summed E-state index contributed by atoms with van der Waals surface area (Å²) < 4.78 is 35.4. The third-order valence-electron chi connectivity index (χ3n) is 7.67. The number of carbonyl (C=O) groups is 4. The Hall–Kier alpha value is -3.32. The molecule has 2 fully saturated rings. The summed E-state index contributed by atoms with van der Waals surface area (Å²) in [6, 6.07) is 4.43. The van der Waals surface area contributed by atoms with E-state index in [1.54, 1.807) is 32.9 Å². The van der Waals surface area contributed by atoms with Crippen molar-refractivity contribution in [2.24, 2.45) is 5.92 Å². The molecule has 4 atom stereocenters. The van der Waals surface area contributed by atoms with Crippen LogP contribution < -0.4 is 20.1 Å². The minimum atomic E-state index is -4.38. The number of hydrogen-bond acceptors (Lipinski definition) is 7. The van der Waals surface area contributed by atoms with Crippen LogP contribution in [0.4, 0.5) is 10.5 Å². The number of amides is 4. The summed E-state index contributed by atoms with van der Waals surface area (Å²) in [4.78, 5) is 54.8. The van der Waals surface area contributed by atoms with Gasteiger partial charge in [-0.2, -0.15) is 8.42 Å². The second-order valence-electron chi connectivity index (χ2n) is 12.2. The first-order valence-electron chi connectivity index (χ1n) is 14.6. The molecule has 0 unspecified atom stereocenters. The molecule has 1 saturated heterocycles. The van der Waals surface area contributed by atoms with Crippen molar-refractivity contribution in [1.29, 1.82) is 0 Å². The molecule has 1 aliphatic carbocycles. The van der Waals surface area contributed by atoms with Crippen molar-refractivity contribution >= 4 is 51.3 Å². The first-order valence-corrected chi connectivity index (χ1v) is 16.4. The van der Waals surface area contributed by atoms with Crippen LogP contribution in [0.25, 0.3) is 0 Å². The highest BCUT2D eigenvalue weighted by molar-refractivity contribution is 7.91. The zero-order valence-corrected chi connectivity index (χ0v) is 26.2. The van der Waals surface area contributed by atoms with Crippen LogP contribution in [0, 0.1) is 5.92 Å². The van der Waals surface area contributed by atoms with E-state index in [0.717, 1.165) is 12.8 Å². The van der Waals surface area contributed by atoms with Crippen molar-refractivity contribution in [3.05, 3.63) is 41.4 Å². The topological polar surface area (TPSA) is 163 Å². The third kappa shape index (κ3) is 8.41. The lowest BCUT2D eigenvalue weighted by Crippen LogP contribution is -2.58. The Morgan fingerprint density at radius 2 is 1.84 bits per heavy atom. The molecule has 0 aromatic heterocycles. The smallest absolute Gasteiger partial charge is 0.408 e. The van der Waals surface area contributed by atoms with E-state index in [9.17, 15) is 27.6 Å². The van der Waals surface area contributed by atoms with Crippen LogP contribution in [-0.2, 0) is 29.3 Å². The van der Waals surface area contributed by atoms with Crippen LogP contribution in [0.3, 0.4) is 0 Å². The number of nitrogens with one attached hydrogen (secondary N) is 4. The van der Waals surface area contributed by atoms with Crippen molar-refractivity contribution in [2.45, 2.75) is 95.4 Å². The number of hydrogen-bond donors (Lipinski definition) is 4. The summed E-state index contributed by atoms with van der Waals surface area (Å²) in [7, 11) is -4.38. The van der Waals surface area contributed by atoms with E-state index < -0.39 is 63.2 Å². The lowest BCUT2D eigenvalue weighted by atomic mass is 10.0. The standard InChI is InChI=1S/C29H40ClN5O7S/c1-28(2,3)42-27(39)31-22-15-8-6-4-5-7-12-19-18-29(19,32-24(36)23-16-11-17-35(23)25(22)37)26(38)34-43(40,41)33-21-14-10-9-13-20(21)30/h7,9-10,12-14,19,22-23,33H,4-6,8,11,15-18H2,1-3H3,(H,31,39)(H,32,36)(H,34,38)/b12-7-/t19-,22+,23+,29-/m1/s1. The summed E-state index contributed by atoms with van der Waals surface area (Å²) in [5.74, 6) is -2.27. The maximum absolute atomic E-state index is 13.7. The number of para-hydroxylation sites is 1. The predicted octanol–water partition coefficient (Wildman–Crippen LogP) is 3.39. The normalized spacial score (nSPS) is 27.3. The minimum absolute atomic E-state index is 0.0926. The van der Waals surface area contributed by atoms with E-state index in [1.807, 2.05) is 16.9 Å². The van der Waals surface area contributed by atoms with Gasteiger partial charge in [0.15, 0.2) is 0 Å². The summed E-state index contributed by atoms with van der Waals surface area (Å²) in [5, 5.41) is 5.63. The quantitative estimate of drug-likeness (QED) is 0.360. The molecule has 12 nitrogen and oxygen atoms in total. The largest absolute Gasteiger partial charge is 0.444 e. The number of anilines is 1. The number of fused-ring (bicyclic) bond motifs is 2. The molecule has 1 aromatic rings. The highest BCUT2D eigenvalue weighted by Gasteiger charge is 2.61. The number of ether oxygens (including phenoxy) is 1. The lowest BCUT2D eigenvalue weighted by molar-refractivity contribution is -0.141. The maximum Gasteiger partial charge on any atom is 0.408 e. The molecule has 1 saturated carbocycles. The van der Waals surface area contributed by atoms with Crippen LogP contribution in [0.1, 0.15) is 72.1 Å². The molecule has 14 heteroatoms. The van der Waals surface area contributed by atoms with Gasteiger partial charge in [0, 0.05) is 12.5 Å². The van der Waals surface area contributed by atoms with Crippen molar-refractivity contribution < 1.29 is 32.3 Å². The SMILES string of the molecule is CC(C)(C)OC(=O)N[C@H]1CCCCC/C=C\[C@@H]2C[C@@]2(C(=O)NS(=O)(=O)Nc2ccccc2Cl)NC(=O)[C@@H]2CCCN2C1=O. The molecule has 4 amide bonds. The van der Waals surface area contributed by atoms with Crippen LogP contribution in [-0.4, -0.2) is 66.9 Å². The highest BCUT2D eigenvalue weighted by Crippen LogP contribution is 2.45. The molecule has 2 aliphatic heterocycles. The second kappa shape index (κ2) is 13.1. The van der Waals surface area contributed by atoms with E-state index in [0.29, 0.717) is 38.6 Å². The molecule has 0 radical (unpaired) electrons. The van der Waals surface area contributed by atoms with Gasteiger partial charge in [-0.25, -0.2) is 9.52 Å². The Kier molecular flexibility index (Phi) is 9.95. The zero-order valence-electron chi connectivity index (χ0n) is 24.7. The van der Waals surface area contributed by atoms with Gasteiger partial charge in [-0.15, -0.1) is 0 Å². The van der Waals surface area contributed by atoms with Crippen molar-refractivity contribution in [3.63, 3.8) is 0 Å². The average Bonchev–Trinajstić information content (AvgIpc) is 3.36. The average molecular weight is 638 g/mol. The first kappa shape index (κ1) is 32.6. The van der Waals surface area contributed by atoms with Crippen LogP contribution in [0.15, 0.2) is 36.4 Å². The number of rotatable bonds is 5. The second-order valence-corrected chi connectivity index (χ2v) is 14.1. The van der Waals surface area contributed by atoms with E-state index >= 15 is 0 Å². The van der Waals surface area contributed by atoms with Gasteiger partial charge in [0.25, 0.3) is 5.91 Å². The first-order chi connectivity index (χ1) is 20.2. The Labute approximate surface area is 257 Å². The summed E-state index contributed by atoms with van der Waals surface area (Å²) in [5.41, 5.74) is -2.16. The number of benzene rings is 1. The van der Waals surface area contributed by atoms with E-state index in [2.05, 4.69) is 15.4 Å². The Balaban J connectivity index is 1.54. The van der Waals surface area contributed by atoms with Gasteiger partial charge < -0.3 is 20.3 Å². The molecule has 3 aliphatic rings. The number of halogens is 1. The van der Waals surface area contributed by atoms with Gasteiger partial charge in [-0.05, 0) is 71.4 Å². The summed E-state index contributed by atoms with van der Waals surface area (Å²) >= 11 is 6.07. The van der Waals surface area contributed by atoms with Crippen LogP contribution in [0.5, 0.6) is 0 Å². The minimum Gasteiger partial charge on any atom is -0.444 e. The molecule has 4 rings (SSSR count). The predicted molar refractivity (Wildman–Crippen MR) is 161 cm³/mol. The molecule has 43 heavy (non-hydrogen) atoms. The highest BCUT2D eigenvalue weighted by atomic mass is 35.5. The Bertz CT molecular complexity index is 1380. The fraction of sp³-hybridized carbons (Fsp3) is 0.586. The van der Waals surface area contributed by atoms with Gasteiger partial charge in [0.2, 0.25) is 11.8 Å². The monoisotopic (exact) mass is 637 g/mol. The van der Waals surface area contributed by atoms with Crippen LogP contribution in [0.2, 0.25) is 5.02 Å². The summed E-state index contributed by atoms with van der Waals surface area (Å²) in [6.07, 6.45) is 7.53. The molecular formula is C29H40ClN5O7S. The number of allylic oxidation sites excluding steroid dienone is 1. The van der Waals surface area contributed by atoms with Gasteiger partial charge in [-0.3, -0.25) is 19.1 Å². The van der Waals surface area contributed by atoms with Gasteiger partial charge in [-0.1, -0.05) is 48.7 Å². The molecule has 0 spiro atoms. The van der Waals surface area contributed by atoms with Crippen molar-refractivity contribution in [1.82, 2.24) is 20.3 Å². The zero-order chi connectivity index (χ0) is 31.4. The van der Waals surface area contributed by atoms with Crippen molar-refractivity contribution in [2.75, 3.05) is 11.3 Å². The molecular weight excluding hydrogens is 598 g/mol. The molecule has 1 aromatic carbocycles. The fourth-order valence-electron chi connectivity index (χ4n) is 5.47. The molecule has 0 bridgehead atoms.